The molecule has 3 aromatic rings. The summed E-state index contributed by atoms with van der Waals surface area (Å²) in [6, 6.07) is 27.0. The predicted octanol–water partition coefficient (Wildman–Crippen LogP) is 6.19. The highest BCUT2D eigenvalue weighted by atomic mass is 35.5. The van der Waals surface area contributed by atoms with Crippen LogP contribution in [0.2, 0.25) is 5.02 Å². The zero-order valence-corrected chi connectivity index (χ0v) is 20.8. The van der Waals surface area contributed by atoms with E-state index < -0.39 is 6.04 Å². The highest BCUT2D eigenvalue weighted by molar-refractivity contribution is 6.31. The highest BCUT2D eigenvalue weighted by Crippen LogP contribution is 2.30. The van der Waals surface area contributed by atoms with Crippen molar-refractivity contribution in [3.8, 4) is 0 Å². The molecule has 1 N–H and O–H groups in total. The molecule has 0 unspecified atom stereocenters. The van der Waals surface area contributed by atoms with E-state index in [2.05, 4.69) is 5.32 Å². The molecule has 0 heterocycles. The standard InChI is InChI=1S/C29H33ClN2O2/c1-4-27(29(34)31-21(2)3)32(20-24-17-11-12-18-26(24)30)28(33)19-25(22-13-7-5-8-14-22)23-15-9-6-10-16-23/h5-18,21,25,27H,4,19-20H2,1-3H3,(H,31,34)/t27-/m0/s1. The van der Waals surface area contributed by atoms with Crippen LogP contribution >= 0.6 is 11.6 Å². The highest BCUT2D eigenvalue weighted by Gasteiger charge is 2.31. The Balaban J connectivity index is 1.97. The van der Waals surface area contributed by atoms with E-state index in [0.717, 1.165) is 16.7 Å². The molecule has 0 saturated heterocycles. The number of hydrogen-bond donors (Lipinski definition) is 1. The number of amides is 2. The second-order valence-corrected chi connectivity index (χ2v) is 9.19. The molecule has 0 bridgehead atoms. The van der Waals surface area contributed by atoms with Crippen molar-refractivity contribution < 1.29 is 9.59 Å². The molecule has 0 aromatic heterocycles. The number of nitrogens with one attached hydrogen (secondary N) is 1. The van der Waals surface area contributed by atoms with Gasteiger partial charge in [0.25, 0.3) is 0 Å². The molecule has 4 nitrogen and oxygen atoms in total. The van der Waals surface area contributed by atoms with Crippen molar-refractivity contribution in [1.29, 1.82) is 0 Å². The van der Waals surface area contributed by atoms with Gasteiger partial charge >= 0.3 is 0 Å². The third-order valence-corrected chi connectivity index (χ3v) is 6.27. The van der Waals surface area contributed by atoms with Crippen molar-refractivity contribution in [2.75, 3.05) is 0 Å². The first-order valence-electron chi connectivity index (χ1n) is 11.8. The molecular formula is C29H33ClN2O2. The molecule has 0 fully saturated rings. The molecule has 178 valence electrons. The first-order valence-corrected chi connectivity index (χ1v) is 12.2. The van der Waals surface area contributed by atoms with Crippen molar-refractivity contribution in [1.82, 2.24) is 10.2 Å². The Labute approximate surface area is 207 Å². The van der Waals surface area contributed by atoms with Gasteiger partial charge in [0.15, 0.2) is 0 Å². The maximum atomic E-state index is 13.9. The Kier molecular flexibility index (Phi) is 9.29. The van der Waals surface area contributed by atoms with E-state index in [1.807, 2.05) is 106 Å². The van der Waals surface area contributed by atoms with Gasteiger partial charge in [0, 0.05) is 29.9 Å². The summed E-state index contributed by atoms with van der Waals surface area (Å²) in [6.07, 6.45) is 0.764. The molecule has 0 aliphatic rings. The van der Waals surface area contributed by atoms with Crippen LogP contribution in [-0.4, -0.2) is 28.8 Å². The van der Waals surface area contributed by atoms with Crippen molar-refractivity contribution in [3.05, 3.63) is 107 Å². The fourth-order valence-electron chi connectivity index (χ4n) is 4.20. The molecule has 2 amide bonds. The van der Waals surface area contributed by atoms with Crippen molar-refractivity contribution in [2.45, 2.75) is 58.2 Å². The smallest absolute Gasteiger partial charge is 0.243 e. The van der Waals surface area contributed by atoms with Crippen LogP contribution in [0, 0.1) is 0 Å². The third-order valence-electron chi connectivity index (χ3n) is 5.90. The predicted molar refractivity (Wildman–Crippen MR) is 139 cm³/mol. The minimum absolute atomic E-state index is 0.0137. The van der Waals surface area contributed by atoms with E-state index in [0.29, 0.717) is 11.4 Å². The number of carbonyl (C=O) groups excluding carboxylic acids is 2. The molecular weight excluding hydrogens is 444 g/mol. The molecule has 0 aliphatic carbocycles. The molecule has 0 aliphatic heterocycles. The molecule has 34 heavy (non-hydrogen) atoms. The Morgan fingerprint density at radius 2 is 1.38 bits per heavy atom. The van der Waals surface area contributed by atoms with Crippen LogP contribution in [-0.2, 0) is 16.1 Å². The fourth-order valence-corrected chi connectivity index (χ4v) is 4.40. The van der Waals surface area contributed by atoms with Crippen LogP contribution in [0.5, 0.6) is 0 Å². The lowest BCUT2D eigenvalue weighted by atomic mass is 9.88. The normalized spacial score (nSPS) is 11.9. The van der Waals surface area contributed by atoms with E-state index >= 15 is 0 Å². The van der Waals surface area contributed by atoms with Gasteiger partial charge in [0.05, 0.1) is 0 Å². The van der Waals surface area contributed by atoms with Crippen LogP contribution in [0.1, 0.15) is 56.2 Å². The van der Waals surface area contributed by atoms with Crippen molar-refractivity contribution in [3.63, 3.8) is 0 Å². The molecule has 0 spiro atoms. The molecule has 3 rings (SSSR count). The van der Waals surface area contributed by atoms with E-state index in [4.69, 9.17) is 11.6 Å². The summed E-state index contributed by atoms with van der Waals surface area (Å²) in [6.45, 7) is 6.06. The Hall–Kier alpha value is -3.11. The largest absolute Gasteiger partial charge is 0.352 e. The second kappa shape index (κ2) is 12.4. The van der Waals surface area contributed by atoms with Gasteiger partial charge in [-0.3, -0.25) is 9.59 Å². The number of nitrogens with zero attached hydrogens (tertiary/aromatic N) is 1. The summed E-state index contributed by atoms with van der Waals surface area (Å²) in [5.41, 5.74) is 2.96. The third kappa shape index (κ3) is 6.71. The monoisotopic (exact) mass is 476 g/mol. The van der Waals surface area contributed by atoms with Crippen LogP contribution in [0.25, 0.3) is 0 Å². The zero-order chi connectivity index (χ0) is 24.5. The van der Waals surface area contributed by atoms with Gasteiger partial charge in [0.2, 0.25) is 11.8 Å². The van der Waals surface area contributed by atoms with Gasteiger partial charge < -0.3 is 10.2 Å². The lowest BCUT2D eigenvalue weighted by molar-refractivity contribution is -0.141. The van der Waals surface area contributed by atoms with Crippen molar-refractivity contribution in [2.24, 2.45) is 0 Å². The molecule has 0 radical (unpaired) electrons. The first kappa shape index (κ1) is 25.5. The minimum Gasteiger partial charge on any atom is -0.352 e. The van der Waals surface area contributed by atoms with Crippen molar-refractivity contribution >= 4 is 23.4 Å². The van der Waals surface area contributed by atoms with Gasteiger partial charge in [-0.2, -0.15) is 0 Å². The summed E-state index contributed by atoms with van der Waals surface area (Å²) < 4.78 is 0. The fraction of sp³-hybridized carbons (Fsp3) is 0.310. The van der Waals surface area contributed by atoms with Crippen LogP contribution in [0.4, 0.5) is 0 Å². The van der Waals surface area contributed by atoms with E-state index in [9.17, 15) is 9.59 Å². The van der Waals surface area contributed by atoms with Gasteiger partial charge in [-0.15, -0.1) is 0 Å². The maximum Gasteiger partial charge on any atom is 0.243 e. The van der Waals surface area contributed by atoms with Gasteiger partial charge in [-0.05, 0) is 43.0 Å². The van der Waals surface area contributed by atoms with Gasteiger partial charge in [0.1, 0.15) is 6.04 Å². The summed E-state index contributed by atoms with van der Waals surface area (Å²) in [4.78, 5) is 28.7. The Morgan fingerprint density at radius 3 is 1.88 bits per heavy atom. The number of benzene rings is 3. The summed E-state index contributed by atoms with van der Waals surface area (Å²) in [5.74, 6) is -0.341. The van der Waals surface area contributed by atoms with Gasteiger partial charge in [-0.1, -0.05) is 97.4 Å². The minimum atomic E-state index is -0.585. The van der Waals surface area contributed by atoms with Crippen LogP contribution in [0.15, 0.2) is 84.9 Å². The average molecular weight is 477 g/mol. The summed E-state index contributed by atoms with van der Waals surface area (Å²) in [7, 11) is 0. The Bertz CT molecular complexity index is 1030. The van der Waals surface area contributed by atoms with E-state index in [-0.39, 0.29) is 36.7 Å². The molecule has 0 saturated carbocycles. The van der Waals surface area contributed by atoms with E-state index in [1.54, 1.807) is 4.90 Å². The molecule has 5 heteroatoms. The number of carbonyl (C=O) groups is 2. The first-order chi connectivity index (χ1) is 16.4. The summed E-state index contributed by atoms with van der Waals surface area (Å²) >= 11 is 6.44. The number of rotatable bonds is 10. The quantitative estimate of drug-likeness (QED) is 0.379. The Morgan fingerprint density at radius 1 is 0.853 bits per heavy atom. The number of halogens is 1. The topological polar surface area (TPSA) is 49.4 Å². The van der Waals surface area contributed by atoms with Crippen LogP contribution < -0.4 is 5.32 Å². The molecule has 3 aromatic carbocycles. The maximum absolute atomic E-state index is 13.9. The second-order valence-electron chi connectivity index (χ2n) is 8.78. The lowest BCUT2D eigenvalue weighted by Crippen LogP contribution is -2.50. The zero-order valence-electron chi connectivity index (χ0n) is 20.1. The summed E-state index contributed by atoms with van der Waals surface area (Å²) in [5, 5.41) is 3.57. The van der Waals surface area contributed by atoms with E-state index in [1.165, 1.54) is 0 Å². The average Bonchev–Trinajstić information content (AvgIpc) is 2.84. The lowest BCUT2D eigenvalue weighted by Gasteiger charge is -2.33. The van der Waals surface area contributed by atoms with Gasteiger partial charge in [-0.25, -0.2) is 0 Å². The SMILES string of the molecule is CC[C@@H](C(=O)NC(C)C)N(Cc1ccccc1Cl)C(=O)CC(c1ccccc1)c1ccccc1. The molecule has 1 atom stereocenters. The number of hydrogen-bond acceptors (Lipinski definition) is 2. The van der Waals surface area contributed by atoms with Crippen LogP contribution in [0.3, 0.4) is 0 Å².